The van der Waals surface area contributed by atoms with Gasteiger partial charge in [0, 0.05) is 39.0 Å². The molecule has 0 unspecified atom stereocenters. The van der Waals surface area contributed by atoms with Gasteiger partial charge in [-0.3, -0.25) is 9.59 Å². The number of amides is 3. The van der Waals surface area contributed by atoms with Gasteiger partial charge in [0.2, 0.25) is 11.8 Å². The minimum Gasteiger partial charge on any atom is -0.441 e. The molecule has 3 rings (SSSR count). The Morgan fingerprint density at radius 2 is 2.09 bits per heavy atom. The van der Waals surface area contributed by atoms with E-state index in [1.165, 1.54) is 0 Å². The molecule has 0 aromatic carbocycles. The van der Waals surface area contributed by atoms with E-state index in [2.05, 4.69) is 10.6 Å². The summed E-state index contributed by atoms with van der Waals surface area (Å²) in [5.74, 6) is -0.214. The van der Waals surface area contributed by atoms with Crippen LogP contribution in [0.3, 0.4) is 0 Å². The third-order valence-corrected chi connectivity index (χ3v) is 4.68. The molecule has 3 aliphatic rings. The van der Waals surface area contributed by atoms with Crippen LogP contribution in [0.1, 0.15) is 19.8 Å². The van der Waals surface area contributed by atoms with E-state index in [1.54, 1.807) is 9.80 Å². The van der Waals surface area contributed by atoms with Crippen LogP contribution < -0.4 is 10.6 Å². The van der Waals surface area contributed by atoms with E-state index < -0.39 is 11.6 Å². The molecule has 2 N–H and O–H groups in total. The largest absolute Gasteiger partial charge is 0.441 e. The quantitative estimate of drug-likeness (QED) is 0.676. The molecule has 8 heteroatoms. The number of hydrogen-bond acceptors (Lipinski definition) is 5. The zero-order chi connectivity index (χ0) is 15.7. The van der Waals surface area contributed by atoms with E-state index in [0.29, 0.717) is 45.6 Å². The molecule has 0 bridgehead atoms. The lowest BCUT2D eigenvalue weighted by atomic mass is 9.91. The average molecular weight is 310 g/mol. The number of rotatable bonds is 2. The molecule has 0 aromatic heterocycles. The predicted octanol–water partition coefficient (Wildman–Crippen LogP) is -1.09. The summed E-state index contributed by atoms with van der Waals surface area (Å²) in [6.45, 7) is 5.00. The van der Waals surface area contributed by atoms with Crippen molar-refractivity contribution in [2.45, 2.75) is 31.4 Å². The number of piperidine rings is 1. The topological polar surface area (TPSA) is 91.0 Å². The van der Waals surface area contributed by atoms with E-state index in [9.17, 15) is 14.4 Å². The van der Waals surface area contributed by atoms with Crippen molar-refractivity contribution in [3.63, 3.8) is 0 Å². The summed E-state index contributed by atoms with van der Waals surface area (Å²) in [4.78, 5) is 39.0. The molecular formula is C14H22N4O4. The smallest absolute Gasteiger partial charge is 0.410 e. The number of nitrogens with zero attached hydrogens (tertiary/aromatic N) is 2. The van der Waals surface area contributed by atoms with E-state index in [1.807, 2.05) is 6.92 Å². The summed E-state index contributed by atoms with van der Waals surface area (Å²) >= 11 is 0. The number of likely N-dealkylation sites (N-methyl/N-ethyl adjacent to an activating group) is 1. The Morgan fingerprint density at radius 3 is 2.68 bits per heavy atom. The van der Waals surface area contributed by atoms with E-state index in [0.717, 1.165) is 0 Å². The second-order valence-corrected chi connectivity index (χ2v) is 6.14. The molecule has 8 nitrogen and oxygen atoms in total. The SMILES string of the molecule is CCN1CC2(CCN(C(=O)[C@H]3CNCC(=O)N3)CC2)OC1=O. The summed E-state index contributed by atoms with van der Waals surface area (Å²) in [6, 6.07) is -0.492. The van der Waals surface area contributed by atoms with Crippen molar-refractivity contribution in [1.29, 1.82) is 0 Å². The fraction of sp³-hybridized carbons (Fsp3) is 0.786. The number of hydrogen-bond donors (Lipinski definition) is 2. The number of carbonyl (C=O) groups is 3. The van der Waals surface area contributed by atoms with Crippen LogP contribution in [0.2, 0.25) is 0 Å². The normalized spacial score (nSPS) is 27.8. The van der Waals surface area contributed by atoms with Gasteiger partial charge in [0.15, 0.2) is 0 Å². The summed E-state index contributed by atoms with van der Waals surface area (Å²) in [5.41, 5.74) is -0.446. The third kappa shape index (κ3) is 2.75. The molecule has 1 spiro atoms. The van der Waals surface area contributed by atoms with Gasteiger partial charge in [-0.1, -0.05) is 0 Å². The molecular weight excluding hydrogens is 288 g/mol. The van der Waals surface area contributed by atoms with Gasteiger partial charge in [0.25, 0.3) is 0 Å². The lowest BCUT2D eigenvalue weighted by Crippen LogP contribution is -2.60. The van der Waals surface area contributed by atoms with Gasteiger partial charge in [-0.25, -0.2) is 4.79 Å². The standard InChI is InChI=1S/C14H22N4O4/c1-2-17-9-14(22-13(17)21)3-5-18(6-4-14)12(20)10-7-15-8-11(19)16-10/h10,15H,2-9H2,1H3,(H,16,19)/t10-/m1/s1. The van der Waals surface area contributed by atoms with Gasteiger partial charge < -0.3 is 25.2 Å². The number of nitrogens with one attached hydrogen (secondary N) is 2. The van der Waals surface area contributed by atoms with Crippen LogP contribution in [0, 0.1) is 0 Å². The molecule has 3 aliphatic heterocycles. The maximum Gasteiger partial charge on any atom is 0.410 e. The fourth-order valence-electron chi connectivity index (χ4n) is 3.33. The van der Waals surface area contributed by atoms with Crippen LogP contribution in [-0.4, -0.2) is 78.6 Å². The van der Waals surface area contributed by atoms with Crippen molar-refractivity contribution in [3.05, 3.63) is 0 Å². The second-order valence-electron chi connectivity index (χ2n) is 6.14. The summed E-state index contributed by atoms with van der Waals surface area (Å²) < 4.78 is 5.55. The zero-order valence-corrected chi connectivity index (χ0v) is 12.8. The zero-order valence-electron chi connectivity index (χ0n) is 12.8. The number of likely N-dealkylation sites (tertiary alicyclic amines) is 1. The van der Waals surface area contributed by atoms with Gasteiger partial charge in [-0.05, 0) is 6.92 Å². The van der Waals surface area contributed by atoms with Crippen molar-refractivity contribution < 1.29 is 19.1 Å². The highest BCUT2D eigenvalue weighted by Gasteiger charge is 2.47. The molecule has 3 heterocycles. The highest BCUT2D eigenvalue weighted by atomic mass is 16.6. The predicted molar refractivity (Wildman–Crippen MR) is 77.1 cm³/mol. The molecule has 0 radical (unpaired) electrons. The Kier molecular flexibility index (Phi) is 3.94. The van der Waals surface area contributed by atoms with E-state index in [4.69, 9.17) is 4.74 Å². The molecule has 0 saturated carbocycles. The van der Waals surface area contributed by atoms with E-state index in [-0.39, 0.29) is 24.5 Å². The van der Waals surface area contributed by atoms with Crippen molar-refractivity contribution >= 4 is 17.9 Å². The molecule has 122 valence electrons. The van der Waals surface area contributed by atoms with Crippen LogP contribution in [0.25, 0.3) is 0 Å². The molecule has 1 atom stereocenters. The number of carbonyl (C=O) groups excluding carboxylic acids is 3. The summed E-state index contributed by atoms with van der Waals surface area (Å²) in [5, 5.41) is 5.65. The molecule has 3 amide bonds. The summed E-state index contributed by atoms with van der Waals surface area (Å²) in [6.07, 6.45) is 1.04. The minimum atomic E-state index is -0.492. The first kappa shape index (κ1) is 15.1. The van der Waals surface area contributed by atoms with Gasteiger partial charge in [0.1, 0.15) is 11.6 Å². The average Bonchev–Trinajstić information content (AvgIpc) is 2.83. The van der Waals surface area contributed by atoms with Crippen LogP contribution in [0.5, 0.6) is 0 Å². The van der Waals surface area contributed by atoms with Crippen molar-refractivity contribution in [3.8, 4) is 0 Å². The first-order valence-electron chi connectivity index (χ1n) is 7.80. The first-order valence-corrected chi connectivity index (χ1v) is 7.80. The molecule has 3 saturated heterocycles. The van der Waals surface area contributed by atoms with Crippen molar-refractivity contribution in [2.24, 2.45) is 0 Å². The third-order valence-electron chi connectivity index (χ3n) is 4.68. The maximum absolute atomic E-state index is 12.4. The van der Waals surface area contributed by atoms with Gasteiger partial charge in [-0.2, -0.15) is 0 Å². The Balaban J connectivity index is 1.56. The van der Waals surface area contributed by atoms with Crippen LogP contribution in [-0.2, 0) is 14.3 Å². The van der Waals surface area contributed by atoms with Crippen LogP contribution in [0.4, 0.5) is 4.79 Å². The van der Waals surface area contributed by atoms with Crippen molar-refractivity contribution in [2.75, 3.05) is 39.3 Å². The lowest BCUT2D eigenvalue weighted by molar-refractivity contribution is -0.140. The maximum atomic E-state index is 12.4. The number of ether oxygens (including phenoxy) is 1. The Labute approximate surface area is 129 Å². The van der Waals surface area contributed by atoms with Gasteiger partial charge in [0.05, 0.1) is 13.1 Å². The highest BCUT2D eigenvalue weighted by Crippen LogP contribution is 2.33. The van der Waals surface area contributed by atoms with Crippen molar-refractivity contribution in [1.82, 2.24) is 20.4 Å². The lowest BCUT2D eigenvalue weighted by Gasteiger charge is -2.39. The first-order chi connectivity index (χ1) is 10.5. The molecule has 22 heavy (non-hydrogen) atoms. The van der Waals surface area contributed by atoms with Gasteiger partial charge in [-0.15, -0.1) is 0 Å². The Morgan fingerprint density at radius 1 is 1.36 bits per heavy atom. The molecule has 3 fully saturated rings. The molecule has 0 aliphatic carbocycles. The highest BCUT2D eigenvalue weighted by molar-refractivity contribution is 5.89. The summed E-state index contributed by atoms with van der Waals surface area (Å²) in [7, 11) is 0. The Hall–Kier alpha value is -1.83. The van der Waals surface area contributed by atoms with Gasteiger partial charge >= 0.3 is 6.09 Å². The van der Waals surface area contributed by atoms with E-state index >= 15 is 0 Å². The van der Waals surface area contributed by atoms with Crippen LogP contribution in [0.15, 0.2) is 0 Å². The fourth-order valence-corrected chi connectivity index (χ4v) is 3.33. The van der Waals surface area contributed by atoms with Crippen LogP contribution >= 0.6 is 0 Å². The Bertz CT molecular complexity index is 487. The second kappa shape index (κ2) is 5.75. The monoisotopic (exact) mass is 310 g/mol. The number of piperazine rings is 1. The minimum absolute atomic E-state index is 0.0629. The molecule has 0 aromatic rings.